The Kier molecular flexibility index (Phi) is 4.71. The fourth-order valence-electron chi connectivity index (χ4n) is 2.03. The van der Waals surface area contributed by atoms with E-state index in [4.69, 9.17) is 23.2 Å². The highest BCUT2D eigenvalue weighted by Crippen LogP contribution is 2.26. The average molecular weight is 321 g/mol. The molecule has 2 aromatic rings. The molecule has 0 atom stereocenters. The average Bonchev–Trinajstić information content (AvgIpc) is 2.43. The first-order valence-electron chi connectivity index (χ1n) is 6.36. The number of hydrogen-bond acceptors (Lipinski definition) is 2. The highest BCUT2D eigenvalue weighted by atomic mass is 35.5. The summed E-state index contributed by atoms with van der Waals surface area (Å²) in [6, 6.07) is 8.61. The van der Waals surface area contributed by atoms with Gasteiger partial charge in [-0.3, -0.25) is 4.79 Å². The van der Waals surface area contributed by atoms with Crippen molar-refractivity contribution in [1.29, 1.82) is 0 Å². The van der Waals surface area contributed by atoms with E-state index in [-0.39, 0.29) is 11.5 Å². The molecule has 0 bridgehead atoms. The van der Waals surface area contributed by atoms with E-state index >= 15 is 0 Å². The Labute approximate surface area is 133 Å². The largest absolute Gasteiger partial charge is 0.507 e. The van der Waals surface area contributed by atoms with Crippen molar-refractivity contribution in [1.82, 2.24) is 0 Å². The summed E-state index contributed by atoms with van der Waals surface area (Å²) in [6.45, 7) is 3.65. The molecule has 0 saturated carbocycles. The third-order valence-corrected chi connectivity index (χ3v) is 3.82. The van der Waals surface area contributed by atoms with Crippen LogP contribution in [0.4, 0.5) is 0 Å². The van der Waals surface area contributed by atoms with Gasteiger partial charge in [0, 0.05) is 0 Å². The quantitative estimate of drug-likeness (QED) is 0.622. The molecule has 0 heterocycles. The van der Waals surface area contributed by atoms with Crippen molar-refractivity contribution in [3.8, 4) is 5.75 Å². The van der Waals surface area contributed by atoms with Crippen molar-refractivity contribution in [2.24, 2.45) is 0 Å². The number of allylic oxidation sites excluding steroid dienone is 1. The van der Waals surface area contributed by atoms with Crippen LogP contribution in [0.5, 0.6) is 5.75 Å². The monoisotopic (exact) mass is 320 g/mol. The van der Waals surface area contributed by atoms with Gasteiger partial charge >= 0.3 is 0 Å². The van der Waals surface area contributed by atoms with E-state index in [1.807, 2.05) is 13.0 Å². The predicted molar refractivity (Wildman–Crippen MR) is 87.4 cm³/mol. The molecular formula is C17H14Cl2O2. The minimum atomic E-state index is -0.259. The maximum atomic E-state index is 12.2. The Morgan fingerprint density at radius 1 is 1.10 bits per heavy atom. The van der Waals surface area contributed by atoms with Crippen LogP contribution < -0.4 is 0 Å². The molecule has 0 aliphatic heterocycles. The van der Waals surface area contributed by atoms with Crippen molar-refractivity contribution in [2.45, 2.75) is 13.8 Å². The second-order valence-electron chi connectivity index (χ2n) is 4.85. The molecular weight excluding hydrogens is 307 g/mol. The van der Waals surface area contributed by atoms with Crippen LogP contribution in [0.2, 0.25) is 10.0 Å². The zero-order chi connectivity index (χ0) is 15.6. The molecule has 2 aromatic carbocycles. The minimum absolute atomic E-state index is 0.0180. The first-order valence-corrected chi connectivity index (χ1v) is 7.12. The Morgan fingerprint density at radius 3 is 2.48 bits per heavy atom. The molecule has 0 aromatic heterocycles. The third kappa shape index (κ3) is 3.66. The number of carbonyl (C=O) groups is 1. The normalized spacial score (nSPS) is 11.0. The summed E-state index contributed by atoms with van der Waals surface area (Å²) in [6.07, 6.45) is 3.05. The summed E-state index contributed by atoms with van der Waals surface area (Å²) in [5.74, 6) is -0.241. The molecule has 0 amide bonds. The number of halogens is 2. The van der Waals surface area contributed by atoms with Crippen molar-refractivity contribution in [2.75, 3.05) is 0 Å². The molecule has 108 valence electrons. The summed E-state index contributed by atoms with van der Waals surface area (Å²) >= 11 is 11.8. The lowest BCUT2D eigenvalue weighted by molar-refractivity contribution is 0.104. The number of carbonyl (C=O) groups excluding carboxylic acids is 1. The number of ketones is 1. The van der Waals surface area contributed by atoms with E-state index in [1.165, 1.54) is 6.08 Å². The number of aromatic hydroxyl groups is 1. The summed E-state index contributed by atoms with van der Waals surface area (Å²) in [4.78, 5) is 12.2. The van der Waals surface area contributed by atoms with Gasteiger partial charge in [0.1, 0.15) is 5.75 Å². The van der Waals surface area contributed by atoms with Crippen molar-refractivity contribution >= 4 is 35.1 Å². The van der Waals surface area contributed by atoms with Crippen molar-refractivity contribution in [3.63, 3.8) is 0 Å². The first-order chi connectivity index (χ1) is 9.88. The summed E-state index contributed by atoms with van der Waals surface area (Å²) in [5, 5.41) is 10.9. The summed E-state index contributed by atoms with van der Waals surface area (Å²) in [5.41, 5.74) is 2.67. The van der Waals surface area contributed by atoms with Crippen molar-refractivity contribution < 1.29 is 9.90 Å². The molecule has 0 radical (unpaired) electrons. The Morgan fingerprint density at radius 2 is 1.81 bits per heavy atom. The lowest BCUT2D eigenvalue weighted by atomic mass is 10.0. The van der Waals surface area contributed by atoms with E-state index in [0.717, 1.165) is 11.1 Å². The fraction of sp³-hybridized carbons (Fsp3) is 0.118. The van der Waals surface area contributed by atoms with Crippen LogP contribution >= 0.6 is 23.2 Å². The van der Waals surface area contributed by atoms with Crippen LogP contribution in [0.25, 0.3) is 6.08 Å². The number of phenols is 1. The van der Waals surface area contributed by atoms with Gasteiger partial charge in [-0.1, -0.05) is 41.4 Å². The fourth-order valence-corrected chi connectivity index (χ4v) is 2.33. The molecule has 2 rings (SSSR count). The molecule has 0 fully saturated rings. The van der Waals surface area contributed by atoms with Gasteiger partial charge in [0.15, 0.2) is 5.78 Å². The highest BCUT2D eigenvalue weighted by Gasteiger charge is 2.11. The van der Waals surface area contributed by atoms with Crippen LogP contribution in [0.1, 0.15) is 27.0 Å². The van der Waals surface area contributed by atoms with Crippen LogP contribution in [0.15, 0.2) is 36.4 Å². The lowest BCUT2D eigenvalue weighted by Crippen LogP contribution is -1.97. The molecule has 0 unspecified atom stereocenters. The Hall–Kier alpha value is -1.77. The topological polar surface area (TPSA) is 37.3 Å². The highest BCUT2D eigenvalue weighted by molar-refractivity contribution is 6.42. The predicted octanol–water partition coefficient (Wildman–Crippen LogP) is 5.21. The molecule has 4 heteroatoms. The molecule has 1 N–H and O–H groups in total. The number of benzene rings is 2. The standard InChI is InChI=1S/C17H14Cl2O2/c1-10-7-11(2)17(21)13(8-10)16(20)6-4-12-3-5-14(18)15(19)9-12/h3-9,21H,1-2H3/b6-4+. The molecule has 0 aliphatic carbocycles. The van der Waals surface area contributed by atoms with E-state index in [1.54, 1.807) is 37.3 Å². The number of aryl methyl sites for hydroxylation is 2. The van der Waals surface area contributed by atoms with Crippen LogP contribution in [0, 0.1) is 13.8 Å². The van der Waals surface area contributed by atoms with Gasteiger partial charge in [0.05, 0.1) is 15.6 Å². The first kappa shape index (κ1) is 15.6. The van der Waals surface area contributed by atoms with Gasteiger partial charge < -0.3 is 5.11 Å². The number of phenolic OH excluding ortho intramolecular Hbond substituents is 1. The van der Waals surface area contributed by atoms with Crippen LogP contribution in [-0.4, -0.2) is 10.9 Å². The smallest absolute Gasteiger partial charge is 0.189 e. The van der Waals surface area contributed by atoms with E-state index in [9.17, 15) is 9.90 Å². The molecule has 2 nitrogen and oxygen atoms in total. The SMILES string of the molecule is Cc1cc(C)c(O)c(C(=O)/C=C/c2ccc(Cl)c(Cl)c2)c1. The second-order valence-corrected chi connectivity index (χ2v) is 5.66. The van der Waals surface area contributed by atoms with Gasteiger partial charge in [-0.2, -0.15) is 0 Å². The van der Waals surface area contributed by atoms with Gasteiger partial charge in [-0.25, -0.2) is 0 Å². The number of hydrogen-bond donors (Lipinski definition) is 1. The third-order valence-electron chi connectivity index (χ3n) is 3.08. The van der Waals surface area contributed by atoms with Gasteiger partial charge in [0.2, 0.25) is 0 Å². The Balaban J connectivity index is 2.29. The second kappa shape index (κ2) is 6.33. The zero-order valence-corrected chi connectivity index (χ0v) is 13.2. The molecule has 0 saturated heterocycles. The van der Waals surface area contributed by atoms with Gasteiger partial charge in [-0.15, -0.1) is 0 Å². The maximum Gasteiger partial charge on any atom is 0.189 e. The van der Waals surface area contributed by atoms with Gasteiger partial charge in [0.25, 0.3) is 0 Å². The molecule has 21 heavy (non-hydrogen) atoms. The summed E-state index contributed by atoms with van der Waals surface area (Å²) < 4.78 is 0. The van der Waals surface area contributed by atoms with E-state index in [0.29, 0.717) is 21.2 Å². The van der Waals surface area contributed by atoms with Crippen molar-refractivity contribution in [3.05, 3.63) is 68.7 Å². The van der Waals surface area contributed by atoms with Crippen LogP contribution in [0.3, 0.4) is 0 Å². The molecule has 0 aliphatic rings. The lowest BCUT2D eigenvalue weighted by Gasteiger charge is -2.06. The molecule has 0 spiro atoms. The van der Waals surface area contributed by atoms with Crippen LogP contribution in [-0.2, 0) is 0 Å². The summed E-state index contributed by atoms with van der Waals surface area (Å²) in [7, 11) is 0. The Bertz CT molecular complexity index is 734. The number of rotatable bonds is 3. The minimum Gasteiger partial charge on any atom is -0.507 e. The van der Waals surface area contributed by atoms with E-state index in [2.05, 4.69) is 0 Å². The maximum absolute atomic E-state index is 12.2. The van der Waals surface area contributed by atoms with E-state index < -0.39 is 0 Å². The zero-order valence-electron chi connectivity index (χ0n) is 11.7. The van der Waals surface area contributed by atoms with Gasteiger partial charge in [-0.05, 0) is 54.8 Å².